The van der Waals surface area contributed by atoms with Gasteiger partial charge in [0.05, 0.1) is 81.2 Å². The average molecular weight is 747 g/mol. The van der Waals surface area contributed by atoms with Crippen molar-refractivity contribution in [3.63, 3.8) is 0 Å². The molecular weight excluding hydrogens is 721 g/mol. The van der Waals surface area contributed by atoms with Gasteiger partial charge in [0.15, 0.2) is 5.69 Å². The number of nitrogens with zero attached hydrogens (tertiary/aromatic N) is 6. The molecule has 0 amide bonds. The third-order valence-corrected chi connectivity index (χ3v) is 12.7. The van der Waals surface area contributed by atoms with Gasteiger partial charge >= 0.3 is 0 Å². The number of aromatic nitrogens is 3. The third-order valence-electron chi connectivity index (χ3n) is 11.5. The van der Waals surface area contributed by atoms with Crippen molar-refractivity contribution >= 4 is 56.3 Å². The van der Waals surface area contributed by atoms with E-state index in [4.69, 9.17) is 21.3 Å². The maximum atomic E-state index is 9.80. The molecule has 9 aromatic rings. The van der Waals surface area contributed by atoms with Crippen molar-refractivity contribution in [1.29, 1.82) is 5.26 Å². The summed E-state index contributed by atoms with van der Waals surface area (Å²) in [6.45, 7) is 7.72. The van der Waals surface area contributed by atoms with Crippen LogP contribution < -0.4 is 9.64 Å². The third kappa shape index (κ3) is 4.25. The van der Waals surface area contributed by atoms with E-state index in [1.807, 2.05) is 79.1 Å². The highest BCUT2D eigenvalue weighted by Gasteiger charge is 2.53. The average Bonchev–Trinajstić information content (AvgIpc) is 3.74. The molecule has 3 aromatic heterocycles. The van der Waals surface area contributed by atoms with Crippen molar-refractivity contribution in [2.75, 3.05) is 4.90 Å². The number of anilines is 3. The molecule has 0 atom stereocenters. The first-order valence-electron chi connectivity index (χ1n) is 18.6. The number of rotatable bonds is 2. The number of ether oxygens (including phenoxy) is 1. The largest absolute Gasteiger partial charge is 0.457 e. The fourth-order valence-electron chi connectivity index (χ4n) is 9.23. The Hall–Kier alpha value is -7.65. The van der Waals surface area contributed by atoms with Gasteiger partial charge in [-0.1, -0.05) is 84.6 Å². The number of nitriles is 1. The molecule has 8 heteroatoms. The van der Waals surface area contributed by atoms with Crippen LogP contribution in [0.5, 0.6) is 11.5 Å². The second-order valence-electron chi connectivity index (χ2n) is 14.4. The van der Waals surface area contributed by atoms with Crippen LogP contribution in [0.1, 0.15) is 27.8 Å². The minimum absolute atomic E-state index is 0.604. The second kappa shape index (κ2) is 11.7. The van der Waals surface area contributed by atoms with Crippen LogP contribution in [-0.4, -0.2) is 14.5 Å². The molecule has 264 valence electrons. The van der Waals surface area contributed by atoms with Gasteiger partial charge in [-0.2, -0.15) is 5.26 Å². The Morgan fingerprint density at radius 2 is 1.26 bits per heavy atom. The molecule has 0 radical (unpaired) electrons. The zero-order chi connectivity index (χ0) is 37.8. The zero-order valence-electron chi connectivity index (χ0n) is 30.0. The van der Waals surface area contributed by atoms with E-state index in [1.165, 1.54) is 0 Å². The number of hydrogen-bond donors (Lipinski definition) is 0. The van der Waals surface area contributed by atoms with E-state index < -0.39 is 5.41 Å². The van der Waals surface area contributed by atoms with E-state index in [0.717, 1.165) is 99.5 Å². The Balaban J connectivity index is 1.16. The molecule has 0 bridgehead atoms. The van der Waals surface area contributed by atoms with Crippen LogP contribution >= 0.6 is 11.8 Å². The van der Waals surface area contributed by atoms with E-state index in [1.54, 1.807) is 11.8 Å². The van der Waals surface area contributed by atoms with E-state index >= 15 is 0 Å². The summed E-state index contributed by atoms with van der Waals surface area (Å²) in [7, 11) is 0. The van der Waals surface area contributed by atoms with Gasteiger partial charge in [0.2, 0.25) is 0 Å². The summed E-state index contributed by atoms with van der Waals surface area (Å²) in [6.07, 6.45) is 3.90. The van der Waals surface area contributed by atoms with Crippen LogP contribution in [0.25, 0.3) is 43.7 Å². The number of fused-ring (bicyclic) bond motifs is 14. The smallest absolute Gasteiger partial charge is 0.188 e. The number of hydrogen-bond acceptors (Lipinski definition) is 6. The predicted octanol–water partition coefficient (Wildman–Crippen LogP) is 12.4. The van der Waals surface area contributed by atoms with Crippen LogP contribution in [0, 0.1) is 17.9 Å². The van der Waals surface area contributed by atoms with Crippen molar-refractivity contribution in [1.82, 2.24) is 14.5 Å². The monoisotopic (exact) mass is 746 g/mol. The molecule has 0 N–H and O–H groups in total. The maximum Gasteiger partial charge on any atom is 0.188 e. The van der Waals surface area contributed by atoms with Gasteiger partial charge in [-0.25, -0.2) is 4.85 Å². The first-order valence-corrected chi connectivity index (χ1v) is 19.4. The lowest BCUT2D eigenvalue weighted by atomic mass is 9.66. The molecule has 3 aliphatic rings. The normalized spacial score (nSPS) is 13.8. The Morgan fingerprint density at radius 1 is 0.614 bits per heavy atom. The predicted molar refractivity (Wildman–Crippen MR) is 224 cm³/mol. The van der Waals surface area contributed by atoms with Gasteiger partial charge < -0.3 is 14.2 Å². The summed E-state index contributed by atoms with van der Waals surface area (Å²) in [5.74, 6) is 1.56. The first kappa shape index (κ1) is 31.7. The highest BCUT2D eigenvalue weighted by molar-refractivity contribution is 7.99. The van der Waals surface area contributed by atoms with E-state index in [9.17, 15) is 5.26 Å². The topological polar surface area (TPSA) is 71.3 Å². The van der Waals surface area contributed by atoms with Crippen LogP contribution in [0.4, 0.5) is 22.7 Å². The molecule has 12 rings (SSSR count). The maximum absolute atomic E-state index is 9.80. The Kier molecular flexibility index (Phi) is 6.49. The van der Waals surface area contributed by atoms with Crippen molar-refractivity contribution in [2.45, 2.75) is 15.2 Å². The molecule has 5 heterocycles. The van der Waals surface area contributed by atoms with Crippen molar-refractivity contribution in [3.05, 3.63) is 197 Å². The molecular formula is C49H26N6OS. The first-order chi connectivity index (χ1) is 28.1. The van der Waals surface area contributed by atoms with Crippen molar-refractivity contribution < 1.29 is 4.74 Å². The fraction of sp³-hybridized carbons (Fsp3) is 0.0204. The summed E-state index contributed by atoms with van der Waals surface area (Å²) < 4.78 is 8.94. The van der Waals surface area contributed by atoms with Gasteiger partial charge in [0, 0.05) is 37.4 Å². The summed E-state index contributed by atoms with van der Waals surface area (Å²) in [5.41, 5.74) is 12.0. The van der Waals surface area contributed by atoms with Gasteiger partial charge in [-0.3, -0.25) is 9.97 Å². The molecule has 0 saturated heterocycles. The Bertz CT molecular complexity index is 3270. The van der Waals surface area contributed by atoms with Crippen LogP contribution in [0.2, 0.25) is 0 Å². The zero-order valence-corrected chi connectivity index (χ0v) is 30.8. The number of para-hydroxylation sites is 4. The molecule has 0 unspecified atom stereocenters. The van der Waals surface area contributed by atoms with Gasteiger partial charge in [0.25, 0.3) is 0 Å². The molecule has 1 spiro atoms. The summed E-state index contributed by atoms with van der Waals surface area (Å²) in [6, 6.07) is 52.0. The summed E-state index contributed by atoms with van der Waals surface area (Å²) in [4.78, 5) is 18.7. The highest BCUT2D eigenvalue weighted by atomic mass is 32.2. The van der Waals surface area contributed by atoms with Crippen LogP contribution in [0.3, 0.4) is 0 Å². The van der Waals surface area contributed by atoms with E-state index in [-0.39, 0.29) is 0 Å². The van der Waals surface area contributed by atoms with Gasteiger partial charge in [0.1, 0.15) is 11.5 Å². The Labute approximate surface area is 331 Å². The van der Waals surface area contributed by atoms with Gasteiger partial charge in [-0.15, -0.1) is 0 Å². The SMILES string of the molecule is [C-]#[N+]c1ccc2c(c1)c1ccccc1n2-c1cnc2c(c1)C1(c3ccccc3Oc3ccccc31)c1cc(N3c4ccccc4Sc4cc(C#N)ccc43)cnc1-2. The highest BCUT2D eigenvalue weighted by Crippen LogP contribution is 2.62. The van der Waals surface area contributed by atoms with Gasteiger partial charge in [-0.05, 0) is 78.2 Å². The Morgan fingerprint density at radius 3 is 2.04 bits per heavy atom. The minimum Gasteiger partial charge on any atom is -0.457 e. The molecule has 57 heavy (non-hydrogen) atoms. The molecule has 0 fully saturated rings. The summed E-state index contributed by atoms with van der Waals surface area (Å²) >= 11 is 1.68. The second-order valence-corrected chi connectivity index (χ2v) is 15.5. The van der Waals surface area contributed by atoms with E-state index in [0.29, 0.717) is 11.3 Å². The number of pyridine rings is 2. The lowest BCUT2D eigenvalue weighted by Gasteiger charge is -2.39. The lowest BCUT2D eigenvalue weighted by molar-refractivity contribution is 0.436. The van der Waals surface area contributed by atoms with E-state index in [2.05, 4.69) is 99.2 Å². The molecule has 6 aromatic carbocycles. The number of benzene rings is 6. The van der Waals surface area contributed by atoms with Crippen molar-refractivity contribution in [2.24, 2.45) is 0 Å². The molecule has 7 nitrogen and oxygen atoms in total. The van der Waals surface area contributed by atoms with Crippen molar-refractivity contribution in [3.8, 4) is 34.6 Å². The minimum atomic E-state index is -0.838. The molecule has 1 aliphatic carbocycles. The quantitative estimate of drug-likeness (QED) is 0.164. The molecule has 2 aliphatic heterocycles. The standard InChI is InChI=1S/C49H26N6OS/c1-51-30-19-21-40-34(23-30)33-10-2-5-13-39(33)54(40)31-24-37-47(52-27-31)48-38(49(37)35-11-3-7-15-43(35)56-44-16-8-4-12-36(44)49)25-32(28-53-48)55-41-14-6-9-17-45(41)57-46-22-29(26-50)18-20-42(46)55/h2-25,27-28H. The van der Waals surface area contributed by atoms with Crippen LogP contribution in [0.15, 0.2) is 168 Å². The summed E-state index contributed by atoms with van der Waals surface area (Å²) in [5, 5.41) is 11.9. The lowest BCUT2D eigenvalue weighted by Crippen LogP contribution is -2.32. The molecule has 0 saturated carbocycles. The van der Waals surface area contributed by atoms with Crippen LogP contribution in [-0.2, 0) is 5.41 Å². The fourth-order valence-corrected chi connectivity index (χ4v) is 10.3.